The Labute approximate surface area is 151 Å². The number of hydrogen-bond donors (Lipinski definition) is 1. The van der Waals surface area contributed by atoms with Crippen LogP contribution in [0.5, 0.6) is 0 Å². The third-order valence-corrected chi connectivity index (χ3v) is 5.08. The van der Waals surface area contributed by atoms with E-state index in [1.54, 1.807) is 11.3 Å². The number of nitro groups is 1. The predicted octanol–water partition coefficient (Wildman–Crippen LogP) is 4.32. The first-order chi connectivity index (χ1) is 12.3. The van der Waals surface area contributed by atoms with Gasteiger partial charge in [-0.3, -0.25) is 10.1 Å². The molecule has 1 aliphatic rings. The van der Waals surface area contributed by atoms with E-state index in [-0.39, 0.29) is 5.69 Å². The lowest BCUT2D eigenvalue weighted by molar-refractivity contribution is -0.388. The van der Waals surface area contributed by atoms with Gasteiger partial charge in [0.2, 0.25) is 0 Å². The maximum Gasteiger partial charge on any atom is 0.423 e. The molecule has 2 heterocycles. The van der Waals surface area contributed by atoms with Gasteiger partial charge in [-0.05, 0) is 25.0 Å². The third-order valence-electron chi connectivity index (χ3n) is 4.13. The van der Waals surface area contributed by atoms with E-state index in [1.807, 2.05) is 5.38 Å². The molecule has 0 spiro atoms. The molecule has 0 atom stereocenters. The number of nitrogens with zero attached hydrogens (tertiary/aromatic N) is 3. The molecule has 1 aliphatic heterocycles. The van der Waals surface area contributed by atoms with Crippen molar-refractivity contribution in [3.05, 3.63) is 45.0 Å². The molecule has 0 radical (unpaired) electrons. The highest BCUT2D eigenvalue weighted by Gasteiger charge is 2.38. The first-order valence-corrected chi connectivity index (χ1v) is 9.01. The van der Waals surface area contributed by atoms with Crippen LogP contribution in [0, 0.1) is 10.1 Å². The van der Waals surface area contributed by atoms with Crippen LogP contribution in [0.3, 0.4) is 0 Å². The van der Waals surface area contributed by atoms with Gasteiger partial charge in [-0.15, -0.1) is 11.3 Å². The van der Waals surface area contributed by atoms with E-state index < -0.39 is 22.4 Å². The number of benzene rings is 1. The van der Waals surface area contributed by atoms with Crippen molar-refractivity contribution in [2.45, 2.75) is 25.4 Å². The zero-order valence-corrected chi connectivity index (χ0v) is 14.6. The molecular weight excluding hydrogens is 369 g/mol. The SMILES string of the molecule is O=[N+]([O-])c1ccc(NCCc2csc(N3CCCC3)n2)cc1C(F)(F)F. The number of halogens is 3. The van der Waals surface area contributed by atoms with Gasteiger partial charge in [-0.1, -0.05) is 0 Å². The van der Waals surface area contributed by atoms with Gasteiger partial charge in [0.05, 0.1) is 10.6 Å². The normalized spacial score (nSPS) is 14.7. The average molecular weight is 386 g/mol. The minimum absolute atomic E-state index is 0.193. The standard InChI is InChI=1S/C16H17F3N4O2S/c17-16(18,19)13-9-11(3-4-14(13)23(24)25)20-6-5-12-10-26-15(21-12)22-7-1-2-8-22/h3-4,9-10,20H,1-2,5-8H2. The van der Waals surface area contributed by atoms with Crippen LogP contribution >= 0.6 is 11.3 Å². The van der Waals surface area contributed by atoms with Crippen molar-refractivity contribution in [2.75, 3.05) is 29.9 Å². The number of alkyl halides is 3. The van der Waals surface area contributed by atoms with E-state index in [0.29, 0.717) is 13.0 Å². The van der Waals surface area contributed by atoms with Crippen molar-refractivity contribution in [3.63, 3.8) is 0 Å². The first-order valence-electron chi connectivity index (χ1n) is 8.13. The van der Waals surface area contributed by atoms with E-state index >= 15 is 0 Å². The molecule has 0 aliphatic carbocycles. The summed E-state index contributed by atoms with van der Waals surface area (Å²) in [5.41, 5.74) is -1.13. The summed E-state index contributed by atoms with van der Waals surface area (Å²) < 4.78 is 38.9. The lowest BCUT2D eigenvalue weighted by atomic mass is 10.1. The molecule has 1 aromatic carbocycles. The van der Waals surface area contributed by atoms with E-state index in [1.165, 1.54) is 6.07 Å². The summed E-state index contributed by atoms with van der Waals surface area (Å²) in [6, 6.07) is 2.93. The van der Waals surface area contributed by atoms with Gasteiger partial charge in [0, 0.05) is 43.2 Å². The molecule has 1 N–H and O–H groups in total. The molecule has 0 bridgehead atoms. The first kappa shape index (κ1) is 18.4. The van der Waals surface area contributed by atoms with Crippen LogP contribution in [0.25, 0.3) is 0 Å². The van der Waals surface area contributed by atoms with Crippen molar-refractivity contribution < 1.29 is 18.1 Å². The summed E-state index contributed by atoms with van der Waals surface area (Å²) in [5, 5.41) is 16.6. The molecule has 2 aromatic rings. The number of nitro benzene ring substituents is 1. The zero-order valence-electron chi connectivity index (χ0n) is 13.8. The summed E-state index contributed by atoms with van der Waals surface area (Å²) in [6.45, 7) is 2.40. The molecule has 0 unspecified atom stereocenters. The van der Waals surface area contributed by atoms with Gasteiger partial charge in [0.1, 0.15) is 5.56 Å². The Balaban J connectivity index is 1.62. The fourth-order valence-corrected chi connectivity index (χ4v) is 3.75. The van der Waals surface area contributed by atoms with Gasteiger partial charge in [0.15, 0.2) is 5.13 Å². The minimum atomic E-state index is -4.78. The fraction of sp³-hybridized carbons (Fsp3) is 0.438. The van der Waals surface area contributed by atoms with Gasteiger partial charge >= 0.3 is 6.18 Å². The molecule has 26 heavy (non-hydrogen) atoms. The van der Waals surface area contributed by atoms with Crippen molar-refractivity contribution in [2.24, 2.45) is 0 Å². The molecule has 140 valence electrons. The average Bonchev–Trinajstić information content (AvgIpc) is 3.25. The number of hydrogen-bond acceptors (Lipinski definition) is 6. The Bertz CT molecular complexity index is 788. The predicted molar refractivity (Wildman–Crippen MR) is 93.9 cm³/mol. The second kappa shape index (κ2) is 7.48. The molecule has 10 heteroatoms. The molecule has 6 nitrogen and oxygen atoms in total. The number of aromatic nitrogens is 1. The summed E-state index contributed by atoms with van der Waals surface area (Å²) in [6.07, 6.45) is -1.89. The second-order valence-electron chi connectivity index (χ2n) is 5.98. The highest BCUT2D eigenvalue weighted by molar-refractivity contribution is 7.13. The number of rotatable bonds is 6. The molecule has 0 saturated carbocycles. The highest BCUT2D eigenvalue weighted by atomic mass is 32.1. The Morgan fingerprint density at radius 1 is 1.31 bits per heavy atom. The van der Waals surface area contributed by atoms with Crippen molar-refractivity contribution in [3.8, 4) is 0 Å². The molecule has 0 amide bonds. The van der Waals surface area contributed by atoms with Crippen molar-refractivity contribution >= 4 is 27.8 Å². The molecule has 1 aromatic heterocycles. The smallest absolute Gasteiger partial charge is 0.385 e. The third kappa shape index (κ3) is 4.24. The largest absolute Gasteiger partial charge is 0.423 e. The van der Waals surface area contributed by atoms with Gasteiger partial charge in [-0.25, -0.2) is 4.98 Å². The van der Waals surface area contributed by atoms with E-state index in [9.17, 15) is 23.3 Å². The van der Waals surface area contributed by atoms with E-state index in [2.05, 4.69) is 15.2 Å². The van der Waals surface area contributed by atoms with E-state index in [0.717, 1.165) is 48.9 Å². The molecule has 3 rings (SSSR count). The fourth-order valence-electron chi connectivity index (χ4n) is 2.83. The van der Waals surface area contributed by atoms with Crippen molar-refractivity contribution in [1.29, 1.82) is 0 Å². The lowest BCUT2D eigenvalue weighted by Crippen LogP contribution is -2.17. The zero-order chi connectivity index (χ0) is 18.7. The monoisotopic (exact) mass is 386 g/mol. The van der Waals surface area contributed by atoms with Gasteiger partial charge in [0.25, 0.3) is 5.69 Å². The van der Waals surface area contributed by atoms with Crippen LogP contribution < -0.4 is 10.2 Å². The van der Waals surface area contributed by atoms with Crippen LogP contribution in [0.15, 0.2) is 23.6 Å². The highest BCUT2D eigenvalue weighted by Crippen LogP contribution is 2.37. The number of thiazole rings is 1. The quantitative estimate of drug-likeness (QED) is 0.591. The summed E-state index contributed by atoms with van der Waals surface area (Å²) in [7, 11) is 0. The lowest BCUT2D eigenvalue weighted by Gasteiger charge is -2.12. The van der Waals surface area contributed by atoms with Crippen LogP contribution in [-0.4, -0.2) is 29.5 Å². The van der Waals surface area contributed by atoms with Crippen LogP contribution in [0.4, 0.5) is 29.7 Å². The molecular formula is C16H17F3N4O2S. The maximum absolute atomic E-state index is 13.0. The number of nitrogens with one attached hydrogen (secondary N) is 1. The Morgan fingerprint density at radius 3 is 2.69 bits per heavy atom. The van der Waals surface area contributed by atoms with Crippen LogP contribution in [0.2, 0.25) is 0 Å². The Hall–Kier alpha value is -2.36. The molecule has 1 saturated heterocycles. The van der Waals surface area contributed by atoms with Gasteiger partial charge in [-0.2, -0.15) is 13.2 Å². The van der Waals surface area contributed by atoms with E-state index in [4.69, 9.17) is 0 Å². The second-order valence-corrected chi connectivity index (χ2v) is 6.82. The van der Waals surface area contributed by atoms with Crippen LogP contribution in [-0.2, 0) is 12.6 Å². The topological polar surface area (TPSA) is 71.3 Å². The minimum Gasteiger partial charge on any atom is -0.385 e. The summed E-state index contributed by atoms with van der Waals surface area (Å²) in [5.74, 6) is 0. The molecule has 1 fully saturated rings. The Kier molecular flexibility index (Phi) is 5.30. The van der Waals surface area contributed by atoms with Crippen molar-refractivity contribution in [1.82, 2.24) is 4.98 Å². The van der Waals surface area contributed by atoms with Crippen LogP contribution in [0.1, 0.15) is 24.1 Å². The summed E-state index contributed by atoms with van der Waals surface area (Å²) >= 11 is 1.57. The Morgan fingerprint density at radius 2 is 2.04 bits per heavy atom. The van der Waals surface area contributed by atoms with Gasteiger partial charge < -0.3 is 10.2 Å². The summed E-state index contributed by atoms with van der Waals surface area (Å²) in [4.78, 5) is 16.5. The maximum atomic E-state index is 13.0. The number of anilines is 2.